The Balaban J connectivity index is 1.35. The minimum atomic E-state index is -0.780. The van der Waals surface area contributed by atoms with E-state index in [1.807, 2.05) is 25.4 Å². The number of rotatable bonds is 6. The molecule has 5 rings (SSSR count). The molecule has 182 valence electrons. The Kier molecular flexibility index (Phi) is 6.26. The fourth-order valence-electron chi connectivity index (χ4n) is 4.45. The van der Waals surface area contributed by atoms with Gasteiger partial charge in [-0.3, -0.25) is 19.4 Å². The number of amides is 2. The van der Waals surface area contributed by atoms with Crippen LogP contribution in [0.25, 0.3) is 22.2 Å². The van der Waals surface area contributed by atoms with E-state index in [1.165, 1.54) is 0 Å². The summed E-state index contributed by atoms with van der Waals surface area (Å²) < 4.78 is 1.72. The number of aromatic amines is 2. The van der Waals surface area contributed by atoms with Crippen molar-refractivity contribution in [2.75, 3.05) is 13.1 Å². The van der Waals surface area contributed by atoms with Crippen LogP contribution in [-0.2, 0) is 36.0 Å². The predicted octanol–water partition coefficient (Wildman–Crippen LogP) is 2.17. The first-order valence-electron chi connectivity index (χ1n) is 11.1. The minimum absolute atomic E-state index is 0.132. The lowest BCUT2D eigenvalue weighted by molar-refractivity contribution is -0.133. The average molecular weight is 515 g/mol. The molecule has 1 atom stereocenters. The molecule has 35 heavy (non-hydrogen) atoms. The second kappa shape index (κ2) is 9.37. The molecule has 2 amide bonds. The number of hydrogen-bond acceptors (Lipinski definition) is 5. The Morgan fingerprint density at radius 1 is 1.31 bits per heavy atom. The Bertz CT molecular complexity index is 1410. The number of aryl methyl sites for hydroxylation is 1. The van der Waals surface area contributed by atoms with Gasteiger partial charge >= 0.3 is 0 Å². The van der Waals surface area contributed by atoms with Gasteiger partial charge < -0.3 is 20.9 Å². The van der Waals surface area contributed by atoms with Crippen molar-refractivity contribution in [3.05, 3.63) is 57.6 Å². The quantitative estimate of drug-likeness (QED) is 0.312. The number of nitrogens with one attached hydrogen (secondary N) is 3. The number of carbonyl (C=O) groups excluding carboxylic acids is 2. The molecule has 0 radical (unpaired) electrons. The average Bonchev–Trinajstić information content (AvgIpc) is 3.59. The molecule has 0 bridgehead atoms. The van der Waals surface area contributed by atoms with Crippen LogP contribution in [0.2, 0.25) is 10.0 Å². The van der Waals surface area contributed by atoms with E-state index in [0.29, 0.717) is 36.0 Å². The zero-order valence-electron chi connectivity index (χ0n) is 18.9. The first-order chi connectivity index (χ1) is 16.8. The van der Waals surface area contributed by atoms with Crippen LogP contribution in [0.3, 0.4) is 0 Å². The highest BCUT2D eigenvalue weighted by atomic mass is 35.5. The van der Waals surface area contributed by atoms with Crippen LogP contribution in [0.15, 0.2) is 30.6 Å². The molecule has 1 aliphatic heterocycles. The SMILES string of the molecule is Cn1ccc(-c2cc(Cl)c(Cl)c3[nH]c4c(c23)CN(C(=O)CNC(=O)[C@@H](N)Cc2ccn[nH]2)CC4)n1. The second-order valence-corrected chi connectivity index (χ2v) is 9.39. The molecule has 0 spiro atoms. The molecule has 4 heterocycles. The van der Waals surface area contributed by atoms with Gasteiger partial charge in [0.05, 0.1) is 33.8 Å². The fourth-order valence-corrected chi connectivity index (χ4v) is 4.85. The highest BCUT2D eigenvalue weighted by Crippen LogP contribution is 2.41. The van der Waals surface area contributed by atoms with Crippen molar-refractivity contribution in [2.24, 2.45) is 12.8 Å². The molecule has 10 nitrogen and oxygen atoms in total. The van der Waals surface area contributed by atoms with Crippen LogP contribution < -0.4 is 11.1 Å². The number of aromatic nitrogens is 5. The van der Waals surface area contributed by atoms with Crippen molar-refractivity contribution >= 4 is 45.9 Å². The standard InChI is InChI=1S/C23H24Cl2N8O2/c1-32-6-3-18(31-32)13-9-15(24)21(25)22-20(13)14-11-33(7-4-17(14)29-22)19(34)10-27-23(35)16(26)8-12-2-5-28-30-12/h2-3,5-6,9,16,29H,4,7-8,10-11,26H2,1H3,(H,27,35)(H,28,30)/t16-/m0/s1. The number of halogens is 2. The van der Waals surface area contributed by atoms with Crippen molar-refractivity contribution in [1.29, 1.82) is 0 Å². The molecule has 0 fully saturated rings. The number of fused-ring (bicyclic) bond motifs is 3. The van der Waals surface area contributed by atoms with E-state index in [2.05, 4.69) is 25.6 Å². The lowest BCUT2D eigenvalue weighted by Crippen LogP contribution is -2.47. The van der Waals surface area contributed by atoms with Crippen molar-refractivity contribution in [1.82, 2.24) is 35.2 Å². The van der Waals surface area contributed by atoms with Crippen LogP contribution in [0.5, 0.6) is 0 Å². The van der Waals surface area contributed by atoms with Gasteiger partial charge in [-0.1, -0.05) is 23.2 Å². The van der Waals surface area contributed by atoms with Crippen LogP contribution in [-0.4, -0.2) is 60.8 Å². The molecule has 0 aliphatic carbocycles. The van der Waals surface area contributed by atoms with Gasteiger partial charge in [0.2, 0.25) is 11.8 Å². The van der Waals surface area contributed by atoms with Gasteiger partial charge in [0.15, 0.2) is 0 Å². The second-order valence-electron chi connectivity index (χ2n) is 8.60. The Hall–Kier alpha value is -3.34. The van der Waals surface area contributed by atoms with E-state index >= 15 is 0 Å². The summed E-state index contributed by atoms with van der Waals surface area (Å²) in [5.41, 5.74) is 11.0. The van der Waals surface area contributed by atoms with E-state index in [0.717, 1.165) is 39.1 Å². The number of benzene rings is 1. The Morgan fingerprint density at radius 3 is 2.86 bits per heavy atom. The molecule has 12 heteroatoms. The molecule has 4 aromatic rings. The number of nitrogens with zero attached hydrogens (tertiary/aromatic N) is 4. The molecular weight excluding hydrogens is 491 g/mol. The van der Waals surface area contributed by atoms with Crippen molar-refractivity contribution in [3.63, 3.8) is 0 Å². The molecule has 1 aromatic carbocycles. The highest BCUT2D eigenvalue weighted by Gasteiger charge is 2.28. The monoisotopic (exact) mass is 514 g/mol. The smallest absolute Gasteiger partial charge is 0.242 e. The largest absolute Gasteiger partial charge is 0.357 e. The lowest BCUT2D eigenvalue weighted by atomic mass is 9.99. The summed E-state index contributed by atoms with van der Waals surface area (Å²) in [6, 6.07) is 4.69. The van der Waals surface area contributed by atoms with Gasteiger partial charge in [0.1, 0.15) is 0 Å². The summed E-state index contributed by atoms with van der Waals surface area (Å²) in [4.78, 5) is 30.5. The van der Waals surface area contributed by atoms with Crippen molar-refractivity contribution < 1.29 is 9.59 Å². The predicted molar refractivity (Wildman–Crippen MR) is 133 cm³/mol. The van der Waals surface area contributed by atoms with Gasteiger partial charge in [-0.05, 0) is 18.2 Å². The maximum atomic E-state index is 13.0. The van der Waals surface area contributed by atoms with E-state index in [1.54, 1.807) is 21.8 Å². The third-order valence-electron chi connectivity index (χ3n) is 6.23. The number of H-pyrrole nitrogens is 2. The summed E-state index contributed by atoms with van der Waals surface area (Å²) in [5.74, 6) is -0.580. The van der Waals surface area contributed by atoms with E-state index in [9.17, 15) is 9.59 Å². The molecule has 1 aliphatic rings. The third-order valence-corrected chi connectivity index (χ3v) is 7.02. The van der Waals surface area contributed by atoms with Crippen LogP contribution in [0, 0.1) is 0 Å². The van der Waals surface area contributed by atoms with Crippen LogP contribution in [0.1, 0.15) is 17.0 Å². The normalized spacial score (nSPS) is 14.2. The molecule has 5 N–H and O–H groups in total. The lowest BCUT2D eigenvalue weighted by Gasteiger charge is -2.28. The topological polar surface area (TPSA) is 138 Å². The summed E-state index contributed by atoms with van der Waals surface area (Å²) in [7, 11) is 1.85. The van der Waals surface area contributed by atoms with Gasteiger partial charge in [-0.2, -0.15) is 10.2 Å². The van der Waals surface area contributed by atoms with Crippen molar-refractivity contribution in [2.45, 2.75) is 25.4 Å². The summed E-state index contributed by atoms with van der Waals surface area (Å²) in [5, 5.41) is 15.6. The Labute approximate surface area is 210 Å². The van der Waals surface area contributed by atoms with Crippen LogP contribution in [0.4, 0.5) is 0 Å². The van der Waals surface area contributed by atoms with E-state index < -0.39 is 11.9 Å². The van der Waals surface area contributed by atoms with Gasteiger partial charge in [-0.15, -0.1) is 0 Å². The molecule has 0 unspecified atom stereocenters. The van der Waals surface area contributed by atoms with E-state index in [-0.39, 0.29) is 12.5 Å². The summed E-state index contributed by atoms with van der Waals surface area (Å²) in [6.07, 6.45) is 4.39. The highest BCUT2D eigenvalue weighted by molar-refractivity contribution is 6.45. The number of hydrogen-bond donors (Lipinski definition) is 4. The molecule has 0 saturated carbocycles. The zero-order valence-corrected chi connectivity index (χ0v) is 20.5. The molecular formula is C23H24Cl2N8O2. The Morgan fingerprint density at radius 2 is 2.14 bits per heavy atom. The summed E-state index contributed by atoms with van der Waals surface area (Å²) >= 11 is 13.0. The van der Waals surface area contributed by atoms with Crippen molar-refractivity contribution in [3.8, 4) is 11.3 Å². The first-order valence-corrected chi connectivity index (χ1v) is 11.9. The van der Waals surface area contributed by atoms with Crippen LogP contribution >= 0.6 is 23.2 Å². The van der Waals surface area contributed by atoms with Gasteiger partial charge in [0, 0.05) is 73.3 Å². The number of nitrogens with two attached hydrogens (primary N) is 1. The zero-order chi connectivity index (χ0) is 24.7. The summed E-state index contributed by atoms with van der Waals surface area (Å²) in [6.45, 7) is 0.758. The number of carbonyl (C=O) groups is 2. The van der Waals surface area contributed by atoms with E-state index in [4.69, 9.17) is 28.9 Å². The minimum Gasteiger partial charge on any atom is -0.357 e. The first kappa shape index (κ1) is 23.4. The van der Waals surface area contributed by atoms with Gasteiger partial charge in [-0.25, -0.2) is 0 Å². The maximum Gasteiger partial charge on any atom is 0.242 e. The fraction of sp³-hybridized carbons (Fsp3) is 0.304. The third kappa shape index (κ3) is 4.52. The maximum absolute atomic E-state index is 13.0. The molecule has 0 saturated heterocycles. The van der Waals surface area contributed by atoms with Gasteiger partial charge in [0.25, 0.3) is 0 Å². The molecule has 3 aromatic heterocycles.